The van der Waals surface area contributed by atoms with Gasteiger partial charge in [0.1, 0.15) is 0 Å². The summed E-state index contributed by atoms with van der Waals surface area (Å²) >= 11 is 0. The molecule has 0 aliphatic carbocycles. The number of carbonyl (C=O) groups is 1. The summed E-state index contributed by atoms with van der Waals surface area (Å²) < 4.78 is 0. The molecule has 1 N–H and O–H groups in total. The molecule has 0 radical (unpaired) electrons. The van der Waals surface area contributed by atoms with Gasteiger partial charge < -0.3 is 9.88 Å². The monoisotopic (exact) mass is 347 g/mol. The van der Waals surface area contributed by atoms with Crippen molar-refractivity contribution in [2.24, 2.45) is 0 Å². The molecule has 4 nitrogen and oxygen atoms in total. The standard InChI is InChI=1S/C22H25N3O/c1-15-13-17-14-18(9-10-20(17)23-15)25(3)22(26)21-19(11-12-24(21)2)16-7-5-4-6-8-16/h4-10,13-14,19,21,23H,11-12H2,1-3H3/t19-,21-/m0/s1. The quantitative estimate of drug-likeness (QED) is 0.780. The number of fused-ring (bicyclic) bond motifs is 1. The van der Waals surface area contributed by atoms with Crippen LogP contribution in [0.25, 0.3) is 10.9 Å². The number of likely N-dealkylation sites (tertiary alicyclic amines) is 1. The number of likely N-dealkylation sites (N-methyl/N-ethyl adjacent to an activating group) is 2. The SMILES string of the molecule is Cc1cc2cc(N(C)C(=O)[C@@H]3[C@H](c4ccccc4)CCN3C)ccc2[nH]1. The van der Waals surface area contributed by atoms with Crippen molar-refractivity contribution in [1.82, 2.24) is 9.88 Å². The van der Waals surface area contributed by atoms with Crippen molar-refractivity contribution < 1.29 is 4.79 Å². The van der Waals surface area contributed by atoms with E-state index in [-0.39, 0.29) is 17.9 Å². The van der Waals surface area contributed by atoms with Gasteiger partial charge in [-0.3, -0.25) is 9.69 Å². The van der Waals surface area contributed by atoms with Crippen LogP contribution in [0.2, 0.25) is 0 Å². The zero-order valence-corrected chi connectivity index (χ0v) is 15.6. The molecule has 0 bridgehead atoms. The molecule has 0 saturated carbocycles. The Bertz CT molecular complexity index is 931. The van der Waals surface area contributed by atoms with Gasteiger partial charge in [-0.25, -0.2) is 0 Å². The van der Waals surface area contributed by atoms with Gasteiger partial charge in [0.25, 0.3) is 0 Å². The van der Waals surface area contributed by atoms with Crippen molar-refractivity contribution in [3.05, 3.63) is 65.9 Å². The Morgan fingerprint density at radius 1 is 1.15 bits per heavy atom. The van der Waals surface area contributed by atoms with Crippen LogP contribution in [-0.4, -0.2) is 42.5 Å². The number of aryl methyl sites for hydroxylation is 1. The Kier molecular flexibility index (Phi) is 4.29. The molecule has 4 rings (SSSR count). The van der Waals surface area contributed by atoms with E-state index in [0.717, 1.165) is 35.2 Å². The molecule has 4 heteroatoms. The van der Waals surface area contributed by atoms with Crippen LogP contribution in [0.1, 0.15) is 23.6 Å². The normalized spacial score (nSPS) is 20.6. The Labute approximate surface area is 154 Å². The van der Waals surface area contributed by atoms with Crippen molar-refractivity contribution in [2.45, 2.75) is 25.3 Å². The smallest absolute Gasteiger partial charge is 0.244 e. The summed E-state index contributed by atoms with van der Waals surface area (Å²) in [6.07, 6.45) is 1.01. The van der Waals surface area contributed by atoms with Gasteiger partial charge in [-0.1, -0.05) is 30.3 Å². The number of aromatic nitrogens is 1. The third-order valence-corrected chi connectivity index (χ3v) is 5.59. The predicted molar refractivity (Wildman–Crippen MR) is 107 cm³/mol. The van der Waals surface area contributed by atoms with Gasteiger partial charge >= 0.3 is 0 Å². The summed E-state index contributed by atoms with van der Waals surface area (Å²) in [5.74, 6) is 0.403. The molecule has 1 fully saturated rings. The summed E-state index contributed by atoms with van der Waals surface area (Å²) in [5.41, 5.74) is 4.42. The minimum absolute atomic E-state index is 0.119. The lowest BCUT2D eigenvalue weighted by molar-refractivity contribution is -0.122. The third-order valence-electron chi connectivity index (χ3n) is 5.59. The van der Waals surface area contributed by atoms with Crippen LogP contribution in [0.15, 0.2) is 54.6 Å². The molecule has 0 unspecified atom stereocenters. The highest BCUT2D eigenvalue weighted by Crippen LogP contribution is 2.34. The molecule has 1 saturated heterocycles. The second kappa shape index (κ2) is 6.61. The number of aromatic amines is 1. The van der Waals surface area contributed by atoms with E-state index in [1.807, 2.05) is 31.0 Å². The fourth-order valence-electron chi connectivity index (χ4n) is 4.16. The van der Waals surface area contributed by atoms with E-state index in [1.54, 1.807) is 0 Å². The van der Waals surface area contributed by atoms with Crippen LogP contribution in [0, 0.1) is 6.92 Å². The van der Waals surface area contributed by atoms with Crippen LogP contribution >= 0.6 is 0 Å². The minimum Gasteiger partial charge on any atom is -0.359 e. The summed E-state index contributed by atoms with van der Waals surface area (Å²) in [7, 11) is 3.94. The molecule has 2 atom stereocenters. The molecule has 134 valence electrons. The van der Waals surface area contributed by atoms with Gasteiger partial charge in [0, 0.05) is 35.2 Å². The van der Waals surface area contributed by atoms with Crippen LogP contribution in [0.3, 0.4) is 0 Å². The van der Waals surface area contributed by atoms with Crippen LogP contribution in [-0.2, 0) is 4.79 Å². The molecule has 1 amide bonds. The fourth-order valence-corrected chi connectivity index (χ4v) is 4.16. The molecule has 2 aromatic carbocycles. The molecule has 3 aromatic rings. The third kappa shape index (κ3) is 2.90. The Morgan fingerprint density at radius 3 is 2.69 bits per heavy atom. The van der Waals surface area contributed by atoms with Crippen molar-refractivity contribution >= 4 is 22.5 Å². The summed E-state index contributed by atoms with van der Waals surface area (Å²) in [4.78, 5) is 20.7. The number of hydrogen-bond donors (Lipinski definition) is 1. The summed E-state index contributed by atoms with van der Waals surface area (Å²) in [6.45, 7) is 2.99. The maximum absolute atomic E-state index is 13.4. The van der Waals surface area contributed by atoms with Crippen molar-refractivity contribution in [2.75, 3.05) is 25.5 Å². The van der Waals surface area contributed by atoms with E-state index in [1.165, 1.54) is 5.56 Å². The molecule has 0 spiro atoms. The number of nitrogens with zero attached hydrogens (tertiary/aromatic N) is 2. The van der Waals surface area contributed by atoms with E-state index in [2.05, 4.69) is 59.4 Å². The molecule has 1 aliphatic heterocycles. The number of anilines is 1. The average Bonchev–Trinajstić information content (AvgIpc) is 3.22. The highest BCUT2D eigenvalue weighted by Gasteiger charge is 2.39. The van der Waals surface area contributed by atoms with Crippen molar-refractivity contribution in [1.29, 1.82) is 0 Å². The first-order valence-corrected chi connectivity index (χ1v) is 9.17. The molecular weight excluding hydrogens is 322 g/mol. The topological polar surface area (TPSA) is 39.3 Å². The Balaban J connectivity index is 1.63. The molecule has 1 aliphatic rings. The van der Waals surface area contributed by atoms with Gasteiger partial charge in [0.2, 0.25) is 5.91 Å². The highest BCUT2D eigenvalue weighted by molar-refractivity contribution is 5.99. The highest BCUT2D eigenvalue weighted by atomic mass is 16.2. The van der Waals surface area contributed by atoms with Gasteiger partial charge in [-0.2, -0.15) is 0 Å². The Hall–Kier alpha value is -2.59. The van der Waals surface area contributed by atoms with Crippen molar-refractivity contribution in [3.8, 4) is 0 Å². The van der Waals surface area contributed by atoms with Crippen LogP contribution < -0.4 is 4.90 Å². The van der Waals surface area contributed by atoms with E-state index in [9.17, 15) is 4.79 Å². The van der Waals surface area contributed by atoms with Gasteiger partial charge in [-0.05, 0) is 56.8 Å². The number of benzene rings is 2. The molecular formula is C22H25N3O. The van der Waals surface area contributed by atoms with E-state index in [4.69, 9.17) is 0 Å². The maximum atomic E-state index is 13.4. The fraction of sp³-hybridized carbons (Fsp3) is 0.318. The van der Waals surface area contributed by atoms with Gasteiger partial charge in [0.15, 0.2) is 0 Å². The molecule has 1 aromatic heterocycles. The first kappa shape index (κ1) is 16.9. The van der Waals surface area contributed by atoms with Crippen LogP contribution in [0.5, 0.6) is 0 Å². The number of hydrogen-bond acceptors (Lipinski definition) is 2. The first-order valence-electron chi connectivity index (χ1n) is 9.17. The zero-order chi connectivity index (χ0) is 18.3. The number of H-pyrrole nitrogens is 1. The predicted octanol–water partition coefficient (Wildman–Crippen LogP) is 3.93. The maximum Gasteiger partial charge on any atom is 0.244 e. The second-order valence-corrected chi connectivity index (χ2v) is 7.35. The van der Waals surface area contributed by atoms with Gasteiger partial charge in [0.05, 0.1) is 6.04 Å². The summed E-state index contributed by atoms with van der Waals surface area (Å²) in [6, 6.07) is 18.6. The Morgan fingerprint density at radius 2 is 1.92 bits per heavy atom. The number of carbonyl (C=O) groups excluding carboxylic acids is 1. The van der Waals surface area contributed by atoms with Gasteiger partial charge in [-0.15, -0.1) is 0 Å². The lowest BCUT2D eigenvalue weighted by Crippen LogP contribution is -2.45. The molecule has 2 heterocycles. The lowest BCUT2D eigenvalue weighted by Gasteiger charge is -2.29. The lowest BCUT2D eigenvalue weighted by atomic mass is 9.91. The zero-order valence-electron chi connectivity index (χ0n) is 15.6. The largest absolute Gasteiger partial charge is 0.359 e. The second-order valence-electron chi connectivity index (χ2n) is 7.35. The average molecular weight is 347 g/mol. The number of amides is 1. The summed E-state index contributed by atoms with van der Waals surface area (Å²) in [5, 5.41) is 1.14. The number of rotatable bonds is 3. The van der Waals surface area contributed by atoms with Crippen LogP contribution in [0.4, 0.5) is 5.69 Å². The minimum atomic E-state index is -0.119. The van der Waals surface area contributed by atoms with E-state index >= 15 is 0 Å². The van der Waals surface area contributed by atoms with E-state index in [0.29, 0.717) is 0 Å². The molecule has 26 heavy (non-hydrogen) atoms. The van der Waals surface area contributed by atoms with Crippen molar-refractivity contribution in [3.63, 3.8) is 0 Å². The number of nitrogens with one attached hydrogen (secondary N) is 1. The van der Waals surface area contributed by atoms with E-state index < -0.39 is 0 Å². The first-order chi connectivity index (χ1) is 12.5.